The number of rotatable bonds is 5. The molecule has 1 aliphatic rings. The van der Waals surface area contributed by atoms with Crippen molar-refractivity contribution in [1.82, 2.24) is 4.72 Å². The Morgan fingerprint density at radius 1 is 1.48 bits per heavy atom. The van der Waals surface area contributed by atoms with Gasteiger partial charge in [-0.2, -0.15) is 0 Å². The first-order chi connectivity index (χ1) is 9.94. The number of benzene rings is 1. The van der Waals surface area contributed by atoms with Crippen LogP contribution < -0.4 is 9.46 Å². The van der Waals surface area contributed by atoms with E-state index < -0.39 is 16.0 Å². The Bertz CT molecular complexity index is 622. The van der Waals surface area contributed by atoms with E-state index in [4.69, 9.17) is 14.6 Å². The van der Waals surface area contributed by atoms with E-state index in [0.29, 0.717) is 19.6 Å². The van der Waals surface area contributed by atoms with Gasteiger partial charge in [-0.3, -0.25) is 0 Å². The molecule has 1 aliphatic heterocycles. The molecule has 1 atom stereocenters. The minimum Gasteiger partial charge on any atom is -0.495 e. The number of carbonyl (C=O) groups is 1. The third-order valence-corrected chi connectivity index (χ3v) is 4.72. The fraction of sp³-hybridized carbons (Fsp3) is 0.462. The SMILES string of the molecule is COc1ccc(C(=O)O)cc1S(=O)(=O)NC1CCCOC1. The molecule has 0 radical (unpaired) electrons. The highest BCUT2D eigenvalue weighted by molar-refractivity contribution is 7.89. The minimum absolute atomic E-state index is 0.101. The molecule has 0 aliphatic carbocycles. The number of methoxy groups -OCH3 is 1. The van der Waals surface area contributed by atoms with Crippen molar-refractivity contribution < 1.29 is 27.8 Å². The Kier molecular flexibility index (Phi) is 4.81. The largest absolute Gasteiger partial charge is 0.495 e. The van der Waals surface area contributed by atoms with Crippen LogP contribution in [0.1, 0.15) is 23.2 Å². The summed E-state index contributed by atoms with van der Waals surface area (Å²) < 4.78 is 37.6. The van der Waals surface area contributed by atoms with Gasteiger partial charge in [-0.1, -0.05) is 0 Å². The standard InChI is InChI=1S/C13H17NO6S/c1-19-11-5-4-9(13(15)16)7-12(11)21(17,18)14-10-3-2-6-20-8-10/h4-5,7,10,14H,2-3,6,8H2,1H3,(H,15,16). The lowest BCUT2D eigenvalue weighted by atomic mass is 10.1. The smallest absolute Gasteiger partial charge is 0.335 e. The Morgan fingerprint density at radius 3 is 2.81 bits per heavy atom. The maximum atomic E-state index is 12.4. The number of nitrogens with one attached hydrogen (secondary N) is 1. The third kappa shape index (κ3) is 3.72. The predicted octanol–water partition coefficient (Wildman–Crippen LogP) is 0.851. The van der Waals surface area contributed by atoms with Gasteiger partial charge < -0.3 is 14.6 Å². The highest BCUT2D eigenvalue weighted by Crippen LogP contribution is 2.25. The lowest BCUT2D eigenvalue weighted by molar-refractivity contribution is 0.0696. The van der Waals surface area contributed by atoms with Gasteiger partial charge in [0.25, 0.3) is 0 Å². The Morgan fingerprint density at radius 2 is 2.24 bits per heavy atom. The zero-order chi connectivity index (χ0) is 15.5. The number of ether oxygens (including phenoxy) is 2. The van der Waals surface area contributed by atoms with Crippen molar-refractivity contribution in [2.45, 2.75) is 23.8 Å². The molecule has 1 saturated heterocycles. The quantitative estimate of drug-likeness (QED) is 0.835. The first-order valence-electron chi connectivity index (χ1n) is 6.45. The zero-order valence-corrected chi connectivity index (χ0v) is 12.4. The van der Waals surface area contributed by atoms with Crippen LogP contribution >= 0.6 is 0 Å². The molecular formula is C13H17NO6S. The van der Waals surface area contributed by atoms with Gasteiger partial charge in [0, 0.05) is 12.6 Å². The summed E-state index contributed by atoms with van der Waals surface area (Å²) in [4.78, 5) is 10.8. The highest BCUT2D eigenvalue weighted by Gasteiger charge is 2.26. The van der Waals surface area contributed by atoms with Crippen molar-refractivity contribution in [2.75, 3.05) is 20.3 Å². The fourth-order valence-corrected chi connectivity index (χ4v) is 3.59. The average Bonchev–Trinajstić information content (AvgIpc) is 2.47. The molecule has 0 amide bonds. The first kappa shape index (κ1) is 15.7. The van der Waals surface area contributed by atoms with E-state index in [-0.39, 0.29) is 22.3 Å². The molecule has 116 valence electrons. The molecule has 2 N–H and O–H groups in total. The molecule has 0 saturated carbocycles. The Hall–Kier alpha value is -1.64. The summed E-state index contributed by atoms with van der Waals surface area (Å²) in [5, 5.41) is 8.98. The van der Waals surface area contributed by atoms with Crippen molar-refractivity contribution >= 4 is 16.0 Å². The van der Waals surface area contributed by atoms with Crippen molar-refractivity contribution in [3.8, 4) is 5.75 Å². The number of carboxylic acid groups (broad SMARTS) is 1. The monoisotopic (exact) mass is 315 g/mol. The second-order valence-corrected chi connectivity index (χ2v) is 6.39. The topological polar surface area (TPSA) is 102 Å². The summed E-state index contributed by atoms with van der Waals surface area (Å²) in [5.41, 5.74) is -0.115. The van der Waals surface area contributed by atoms with Gasteiger partial charge in [0.1, 0.15) is 10.6 Å². The van der Waals surface area contributed by atoms with Crippen LogP contribution in [0.25, 0.3) is 0 Å². The molecule has 1 aromatic carbocycles. The second-order valence-electron chi connectivity index (χ2n) is 4.71. The van der Waals surface area contributed by atoms with Crippen LogP contribution in [0.15, 0.2) is 23.1 Å². The van der Waals surface area contributed by atoms with Gasteiger partial charge in [0.05, 0.1) is 19.3 Å². The summed E-state index contributed by atoms with van der Waals surface area (Å²) in [6.45, 7) is 0.927. The van der Waals surface area contributed by atoms with Gasteiger partial charge in [-0.15, -0.1) is 0 Å². The number of carboxylic acids is 1. The maximum absolute atomic E-state index is 12.4. The van der Waals surface area contributed by atoms with Crippen molar-refractivity contribution in [2.24, 2.45) is 0 Å². The average molecular weight is 315 g/mol. The Labute approximate surface area is 122 Å². The van der Waals surface area contributed by atoms with Gasteiger partial charge in [0.15, 0.2) is 0 Å². The second kappa shape index (κ2) is 6.42. The van der Waals surface area contributed by atoms with Crippen LogP contribution in [0.4, 0.5) is 0 Å². The van der Waals surface area contributed by atoms with E-state index in [1.165, 1.54) is 19.2 Å². The van der Waals surface area contributed by atoms with Gasteiger partial charge in [-0.05, 0) is 31.0 Å². The summed E-state index contributed by atoms with van der Waals surface area (Å²) in [6.07, 6.45) is 1.46. The summed E-state index contributed by atoms with van der Waals surface area (Å²) in [7, 11) is -2.55. The van der Waals surface area contributed by atoms with E-state index in [2.05, 4.69) is 4.72 Å². The van der Waals surface area contributed by atoms with Gasteiger partial charge >= 0.3 is 5.97 Å². The molecule has 21 heavy (non-hydrogen) atoms. The molecule has 0 bridgehead atoms. The van der Waals surface area contributed by atoms with Crippen LogP contribution in [-0.2, 0) is 14.8 Å². The van der Waals surface area contributed by atoms with Gasteiger partial charge in [-0.25, -0.2) is 17.9 Å². The summed E-state index contributed by atoms with van der Waals surface area (Å²) in [5.74, 6) is -1.10. The van der Waals surface area contributed by atoms with Crippen molar-refractivity contribution in [3.63, 3.8) is 0 Å². The van der Waals surface area contributed by atoms with Crippen molar-refractivity contribution in [3.05, 3.63) is 23.8 Å². The van der Waals surface area contributed by atoms with E-state index in [1.807, 2.05) is 0 Å². The molecule has 1 aromatic rings. The van der Waals surface area contributed by atoms with E-state index >= 15 is 0 Å². The van der Waals surface area contributed by atoms with E-state index in [9.17, 15) is 13.2 Å². The lowest BCUT2D eigenvalue weighted by Crippen LogP contribution is -2.40. The number of aromatic carboxylic acids is 1. The molecular weight excluding hydrogens is 298 g/mol. The van der Waals surface area contributed by atoms with E-state index in [0.717, 1.165) is 12.5 Å². The van der Waals surface area contributed by atoms with Crippen molar-refractivity contribution in [1.29, 1.82) is 0 Å². The molecule has 1 fully saturated rings. The molecule has 7 nitrogen and oxygen atoms in total. The molecule has 0 spiro atoms. The summed E-state index contributed by atoms with van der Waals surface area (Å²) >= 11 is 0. The minimum atomic E-state index is -3.88. The van der Waals surface area contributed by atoms with Crippen LogP contribution in [0.5, 0.6) is 5.75 Å². The zero-order valence-electron chi connectivity index (χ0n) is 11.5. The van der Waals surface area contributed by atoms with Crippen LogP contribution in [0.2, 0.25) is 0 Å². The highest BCUT2D eigenvalue weighted by atomic mass is 32.2. The number of hydrogen-bond donors (Lipinski definition) is 2. The predicted molar refractivity (Wildman–Crippen MR) is 74.1 cm³/mol. The molecule has 0 aromatic heterocycles. The molecule has 1 heterocycles. The van der Waals surface area contributed by atoms with Gasteiger partial charge in [0.2, 0.25) is 10.0 Å². The van der Waals surface area contributed by atoms with Crippen LogP contribution in [0, 0.1) is 0 Å². The number of hydrogen-bond acceptors (Lipinski definition) is 5. The van der Waals surface area contributed by atoms with E-state index in [1.54, 1.807) is 0 Å². The molecule has 8 heteroatoms. The Balaban J connectivity index is 2.32. The molecule has 2 rings (SSSR count). The maximum Gasteiger partial charge on any atom is 0.335 e. The summed E-state index contributed by atoms with van der Waals surface area (Å²) in [6, 6.07) is 3.40. The third-order valence-electron chi connectivity index (χ3n) is 3.18. The lowest BCUT2D eigenvalue weighted by Gasteiger charge is -2.23. The molecule has 1 unspecified atom stereocenters. The normalized spacial score (nSPS) is 19.2. The number of sulfonamides is 1. The van der Waals surface area contributed by atoms with Crippen LogP contribution in [-0.4, -0.2) is 45.9 Å². The van der Waals surface area contributed by atoms with Crippen LogP contribution in [0.3, 0.4) is 0 Å². The first-order valence-corrected chi connectivity index (χ1v) is 7.94. The fourth-order valence-electron chi connectivity index (χ4n) is 2.14.